The first-order valence-corrected chi connectivity index (χ1v) is 23.6. The topological polar surface area (TPSA) is 137 Å². The molecule has 2 N–H and O–H groups in total. The molecule has 14 heteroatoms. The van der Waals surface area contributed by atoms with Gasteiger partial charge in [-0.2, -0.15) is 16.8 Å². The first-order chi connectivity index (χ1) is 27.6. The molecule has 0 bridgehead atoms. The molecule has 3 aromatic carbocycles. The van der Waals surface area contributed by atoms with E-state index in [1.54, 1.807) is 37.4 Å². The van der Waals surface area contributed by atoms with Crippen molar-refractivity contribution in [3.63, 3.8) is 0 Å². The fourth-order valence-corrected chi connectivity index (χ4v) is 10.8. The van der Waals surface area contributed by atoms with Crippen molar-refractivity contribution in [1.29, 1.82) is 0 Å². The fourth-order valence-electron chi connectivity index (χ4n) is 8.48. The van der Waals surface area contributed by atoms with Gasteiger partial charge in [-0.25, -0.2) is 5.26 Å². The Balaban J connectivity index is 1.42. The van der Waals surface area contributed by atoms with E-state index in [1.807, 2.05) is 18.2 Å². The van der Waals surface area contributed by atoms with Crippen LogP contribution < -0.4 is 9.80 Å². The Bertz CT molecular complexity index is 2370. The predicted molar refractivity (Wildman–Crippen MR) is 232 cm³/mol. The number of hydrogen-bond donors (Lipinski definition) is 2. The highest BCUT2D eigenvalue weighted by atomic mass is 32.2. The fraction of sp³-hybridized carbons (Fsp3) is 0.386. The van der Waals surface area contributed by atoms with Gasteiger partial charge < -0.3 is 9.80 Å². The van der Waals surface area contributed by atoms with Gasteiger partial charge in [-0.3, -0.25) is 4.55 Å². The van der Waals surface area contributed by atoms with Crippen LogP contribution in [0.15, 0.2) is 131 Å². The highest BCUT2D eigenvalue weighted by Gasteiger charge is 2.42. The zero-order valence-corrected chi connectivity index (χ0v) is 36.2. The monoisotopic (exact) mass is 848 g/mol. The number of rotatable bonds is 16. The van der Waals surface area contributed by atoms with E-state index in [-0.39, 0.29) is 21.5 Å². The summed E-state index contributed by atoms with van der Waals surface area (Å²) in [5.41, 5.74) is 8.47. The molecule has 0 aromatic heterocycles. The van der Waals surface area contributed by atoms with Crippen molar-refractivity contribution >= 4 is 49.3 Å². The van der Waals surface area contributed by atoms with Gasteiger partial charge in [0.25, 0.3) is 10.1 Å². The van der Waals surface area contributed by atoms with Gasteiger partial charge in [0.1, 0.15) is 4.90 Å². The van der Waals surface area contributed by atoms with Crippen molar-refractivity contribution in [2.24, 2.45) is 0 Å². The molecule has 0 radical (unpaired) electrons. The zero-order valence-electron chi connectivity index (χ0n) is 33.8. The molecule has 3 aliphatic rings. The Morgan fingerprint density at radius 2 is 1.19 bits per heavy atom. The van der Waals surface area contributed by atoms with E-state index >= 15 is 0 Å². The van der Waals surface area contributed by atoms with Crippen LogP contribution in [-0.4, -0.2) is 68.0 Å². The molecule has 0 atom stereocenters. The minimum Gasteiger partial charge on any atom is -0.344 e. The normalized spacial score (nSPS) is 21.1. The Morgan fingerprint density at radius 1 is 0.707 bits per heavy atom. The number of hydrogen-bond acceptors (Lipinski definition) is 10. The summed E-state index contributed by atoms with van der Waals surface area (Å²) in [4.78, 5) is 4.78. The number of nitrogens with zero attached hydrogens (tertiary/aromatic N) is 3. The molecule has 0 amide bonds. The van der Waals surface area contributed by atoms with Gasteiger partial charge in [-0.15, -0.1) is 8.31 Å². The van der Waals surface area contributed by atoms with Gasteiger partial charge >= 0.3 is 10.0 Å². The highest BCUT2D eigenvalue weighted by molar-refractivity contribution is 7.94. The first-order valence-electron chi connectivity index (χ1n) is 19.6. The lowest BCUT2D eigenvalue weighted by Gasteiger charge is -2.27. The molecule has 6 rings (SSSR count). The van der Waals surface area contributed by atoms with Crippen LogP contribution in [0.2, 0.25) is 0 Å². The number of unbranched alkanes of at least 4 members (excludes halogenated alkanes) is 2. The molecule has 1 fully saturated rings. The van der Waals surface area contributed by atoms with Crippen LogP contribution >= 0.6 is 12.0 Å². The molecule has 2 heterocycles. The second-order valence-electron chi connectivity index (χ2n) is 15.9. The number of anilines is 2. The van der Waals surface area contributed by atoms with E-state index in [0.717, 1.165) is 70.9 Å². The van der Waals surface area contributed by atoms with Crippen LogP contribution in [0.1, 0.15) is 77.3 Å². The van der Waals surface area contributed by atoms with Gasteiger partial charge in [-0.1, -0.05) is 99.5 Å². The van der Waals surface area contributed by atoms with Gasteiger partial charge in [0.15, 0.2) is 7.05 Å². The van der Waals surface area contributed by atoms with Crippen molar-refractivity contribution in [1.82, 2.24) is 0 Å². The van der Waals surface area contributed by atoms with E-state index in [0.29, 0.717) is 43.7 Å². The lowest BCUT2D eigenvalue weighted by Crippen LogP contribution is -2.28. The number of benzene rings is 3. The van der Waals surface area contributed by atoms with Crippen LogP contribution in [0.25, 0.3) is 0 Å². The number of para-hydroxylation sites is 2. The summed E-state index contributed by atoms with van der Waals surface area (Å²) in [6, 6.07) is 25.1. The quantitative estimate of drug-likeness (QED) is 0.0357. The third-order valence-electron chi connectivity index (χ3n) is 11.4. The van der Waals surface area contributed by atoms with Crippen LogP contribution in [-0.2, 0) is 40.3 Å². The Morgan fingerprint density at radius 3 is 1.69 bits per heavy atom. The average molecular weight is 849 g/mol. The molecule has 3 aromatic rings. The van der Waals surface area contributed by atoms with Crippen LogP contribution in [0.4, 0.5) is 11.4 Å². The molecular formula is C44H54N3O8S3+. The third kappa shape index (κ3) is 9.23. The second-order valence-corrected chi connectivity index (χ2v) is 20.2. The maximum absolute atomic E-state index is 14.3. The van der Waals surface area contributed by atoms with E-state index in [4.69, 9.17) is 5.26 Å². The lowest BCUT2D eigenvalue weighted by molar-refractivity contribution is -0.432. The van der Waals surface area contributed by atoms with Crippen molar-refractivity contribution in [2.45, 2.75) is 81.9 Å². The van der Waals surface area contributed by atoms with Crippen molar-refractivity contribution < 1.29 is 40.0 Å². The SMILES string of the molecule is C[N+](=C1C(=CC=C2N(CCCCSOOO)c3ccccc3C2(C)C)CCC1=CC=C1N(CCCCS(=O)(=O)O)c2ccccc2C1(C)C)S(=O)(=O)c1ccccc1. The Labute approximate surface area is 347 Å². The number of allylic oxidation sites excluding steroid dienone is 8. The van der Waals surface area contributed by atoms with Gasteiger partial charge in [0.2, 0.25) is 5.71 Å². The summed E-state index contributed by atoms with van der Waals surface area (Å²) < 4.78 is 66.8. The molecule has 2 aliphatic heterocycles. The maximum atomic E-state index is 14.3. The minimum absolute atomic E-state index is 0.211. The summed E-state index contributed by atoms with van der Waals surface area (Å²) >= 11 is 1.05. The lowest BCUT2D eigenvalue weighted by atomic mass is 9.83. The summed E-state index contributed by atoms with van der Waals surface area (Å²) in [7, 11) is -6.35. The smallest absolute Gasteiger partial charge is 0.344 e. The van der Waals surface area contributed by atoms with E-state index in [1.165, 1.54) is 9.54 Å². The molecule has 0 unspecified atom stereocenters. The molecule has 310 valence electrons. The summed E-state index contributed by atoms with van der Waals surface area (Å²) in [5.74, 6) is 0.362. The number of sulfonamides is 1. The Hall–Kier alpha value is -4.02. The average Bonchev–Trinajstić information content (AvgIpc) is 3.77. The molecule has 1 saturated carbocycles. The van der Waals surface area contributed by atoms with Crippen molar-refractivity contribution in [2.75, 3.05) is 41.4 Å². The highest BCUT2D eigenvalue weighted by Crippen LogP contribution is 2.49. The molecule has 0 saturated heterocycles. The third-order valence-corrected chi connectivity index (χ3v) is 14.6. The molecule has 11 nitrogen and oxygen atoms in total. The van der Waals surface area contributed by atoms with Gasteiger partial charge in [-0.05, 0) is 86.1 Å². The van der Waals surface area contributed by atoms with Gasteiger partial charge in [0, 0.05) is 75.6 Å². The second kappa shape index (κ2) is 18.1. The van der Waals surface area contributed by atoms with E-state index in [9.17, 15) is 21.4 Å². The summed E-state index contributed by atoms with van der Waals surface area (Å²) in [6.07, 6.45) is 12.3. The molecule has 1 aliphatic carbocycles. The molecule has 58 heavy (non-hydrogen) atoms. The predicted octanol–water partition coefficient (Wildman–Crippen LogP) is 8.99. The largest absolute Gasteiger partial charge is 0.395 e. The van der Waals surface area contributed by atoms with Crippen LogP contribution in [0, 0.1) is 0 Å². The van der Waals surface area contributed by atoms with Crippen molar-refractivity contribution in [3.05, 3.63) is 137 Å². The Kier molecular flexibility index (Phi) is 13.6. The summed E-state index contributed by atoms with van der Waals surface area (Å²) in [6.45, 7) is 10.1. The molecular weight excluding hydrogens is 795 g/mol. The van der Waals surface area contributed by atoms with E-state index < -0.39 is 20.1 Å². The van der Waals surface area contributed by atoms with Crippen LogP contribution in [0.5, 0.6) is 0 Å². The zero-order chi connectivity index (χ0) is 41.7. The summed E-state index contributed by atoms with van der Waals surface area (Å²) in [5, 5.41) is 12.2. The number of fused-ring (bicyclic) bond motifs is 2. The van der Waals surface area contributed by atoms with Gasteiger partial charge in [0.05, 0.1) is 5.75 Å². The molecule has 0 spiro atoms. The first kappa shape index (κ1) is 43.6. The minimum atomic E-state index is -4.06. The van der Waals surface area contributed by atoms with Crippen molar-refractivity contribution in [3.8, 4) is 0 Å². The van der Waals surface area contributed by atoms with Crippen LogP contribution in [0.3, 0.4) is 0 Å². The maximum Gasteiger partial charge on any atom is 0.395 e. The van der Waals surface area contributed by atoms with E-state index in [2.05, 4.69) is 102 Å². The standard InChI is InChI=1S/C44H53N3O8S3/c1-43(2)36-19-9-11-21-38(36)46(29-13-15-31-56-55-54-48)40(43)27-25-33-23-24-34(42(33)45(5)58(52,53)35-17-7-6-8-18-35)26-28-41-44(3,4)37-20-10-12-22-39(37)47(41)30-14-16-32-57(49,50)51/h6-12,17-22,25-28H,13-16,23-24,29-32H2,1-5H3,(H-,48,49,50,51)/p+1.